The maximum absolute atomic E-state index is 12.6. The Balaban J connectivity index is 1.37. The van der Waals surface area contributed by atoms with Crippen molar-refractivity contribution in [2.75, 3.05) is 6.61 Å². The third-order valence-electron chi connectivity index (χ3n) is 5.85. The van der Waals surface area contributed by atoms with E-state index in [-0.39, 0.29) is 31.2 Å². The van der Waals surface area contributed by atoms with Crippen molar-refractivity contribution in [3.05, 3.63) is 77.1 Å². The van der Waals surface area contributed by atoms with E-state index in [1.54, 1.807) is 14.0 Å². The van der Waals surface area contributed by atoms with Gasteiger partial charge in [-0.3, -0.25) is 14.3 Å². The quantitative estimate of drug-likeness (QED) is 0.473. The summed E-state index contributed by atoms with van der Waals surface area (Å²) in [5.41, 5.74) is 5.29. The zero-order valence-corrected chi connectivity index (χ0v) is 18.9. The van der Waals surface area contributed by atoms with Crippen LogP contribution >= 0.6 is 0 Å². The smallest absolute Gasteiger partial charge is 0.407 e. The van der Waals surface area contributed by atoms with Crippen LogP contribution in [0.15, 0.2) is 54.7 Å². The lowest BCUT2D eigenvalue weighted by molar-refractivity contribution is -0.137. The predicted octanol–water partition coefficient (Wildman–Crippen LogP) is 3.05. The van der Waals surface area contributed by atoms with Crippen molar-refractivity contribution < 1.29 is 24.2 Å². The van der Waals surface area contributed by atoms with Crippen LogP contribution in [0.3, 0.4) is 0 Å². The van der Waals surface area contributed by atoms with Crippen LogP contribution in [-0.2, 0) is 23.1 Å². The summed E-state index contributed by atoms with van der Waals surface area (Å²) >= 11 is 0. The van der Waals surface area contributed by atoms with Crippen molar-refractivity contribution in [3.63, 3.8) is 0 Å². The van der Waals surface area contributed by atoms with Crippen molar-refractivity contribution in [1.82, 2.24) is 20.4 Å². The molecule has 0 saturated heterocycles. The topological polar surface area (TPSA) is 123 Å². The van der Waals surface area contributed by atoms with Crippen LogP contribution in [0.1, 0.15) is 46.4 Å². The SMILES string of the molecule is CC(CC(=O)O)NC(=O)c1c(CNC(=O)OCC2c3ccccc3-c3ccccc32)cnn1C. The van der Waals surface area contributed by atoms with Crippen LogP contribution in [0.2, 0.25) is 0 Å². The highest BCUT2D eigenvalue weighted by Crippen LogP contribution is 2.44. The molecule has 1 aliphatic rings. The number of nitrogens with one attached hydrogen (secondary N) is 2. The fourth-order valence-corrected chi connectivity index (χ4v) is 4.33. The van der Waals surface area contributed by atoms with Gasteiger partial charge in [-0.05, 0) is 29.2 Å². The Hall–Kier alpha value is -4.14. The average Bonchev–Trinajstić information content (AvgIpc) is 3.33. The van der Waals surface area contributed by atoms with Gasteiger partial charge in [0.05, 0.1) is 19.2 Å². The number of aryl methyl sites for hydroxylation is 1. The van der Waals surface area contributed by atoms with E-state index in [0.717, 1.165) is 22.3 Å². The number of carboxylic acid groups (broad SMARTS) is 1. The van der Waals surface area contributed by atoms with E-state index in [4.69, 9.17) is 9.84 Å². The first-order chi connectivity index (χ1) is 16.3. The number of aromatic nitrogens is 2. The van der Waals surface area contributed by atoms with Gasteiger partial charge < -0.3 is 20.5 Å². The molecule has 2 aromatic carbocycles. The van der Waals surface area contributed by atoms with Crippen LogP contribution in [0.25, 0.3) is 11.1 Å². The zero-order chi connectivity index (χ0) is 24.2. The third-order valence-corrected chi connectivity index (χ3v) is 5.85. The lowest BCUT2D eigenvalue weighted by Gasteiger charge is -2.15. The number of nitrogens with zero attached hydrogens (tertiary/aromatic N) is 2. The molecule has 0 radical (unpaired) electrons. The first kappa shape index (κ1) is 23.0. The predicted molar refractivity (Wildman–Crippen MR) is 124 cm³/mol. The molecular weight excluding hydrogens is 436 g/mol. The molecule has 0 saturated carbocycles. The van der Waals surface area contributed by atoms with Crippen molar-refractivity contribution in [2.24, 2.45) is 7.05 Å². The Bertz CT molecular complexity index is 1190. The van der Waals surface area contributed by atoms with Crippen LogP contribution in [0.4, 0.5) is 4.79 Å². The first-order valence-electron chi connectivity index (χ1n) is 11.0. The summed E-state index contributed by atoms with van der Waals surface area (Å²) in [7, 11) is 1.60. The molecule has 4 rings (SSSR count). The van der Waals surface area contributed by atoms with Gasteiger partial charge in [0, 0.05) is 24.6 Å². The minimum atomic E-state index is -1.00. The van der Waals surface area contributed by atoms with Crippen molar-refractivity contribution in [3.8, 4) is 11.1 Å². The van der Waals surface area contributed by atoms with Crippen LogP contribution in [-0.4, -0.2) is 45.5 Å². The molecule has 1 aliphatic carbocycles. The van der Waals surface area contributed by atoms with E-state index in [0.29, 0.717) is 5.56 Å². The van der Waals surface area contributed by atoms with Gasteiger partial charge >= 0.3 is 12.1 Å². The summed E-state index contributed by atoms with van der Waals surface area (Å²) in [6.45, 7) is 1.84. The molecule has 1 atom stereocenters. The van der Waals surface area contributed by atoms with E-state index < -0.39 is 24.0 Å². The number of rotatable bonds is 8. The molecule has 2 amide bonds. The zero-order valence-electron chi connectivity index (χ0n) is 18.9. The van der Waals surface area contributed by atoms with Gasteiger partial charge in [0.25, 0.3) is 5.91 Å². The van der Waals surface area contributed by atoms with Gasteiger partial charge in [0.1, 0.15) is 12.3 Å². The number of ether oxygens (including phenoxy) is 1. The Morgan fingerprint density at radius 1 is 1.09 bits per heavy atom. The number of fused-ring (bicyclic) bond motifs is 3. The average molecular weight is 463 g/mol. The number of carbonyl (C=O) groups excluding carboxylic acids is 2. The third kappa shape index (κ3) is 4.78. The number of amides is 2. The summed E-state index contributed by atoms with van der Waals surface area (Å²) in [5, 5.41) is 18.3. The van der Waals surface area contributed by atoms with E-state index in [2.05, 4.69) is 27.9 Å². The molecule has 34 heavy (non-hydrogen) atoms. The second-order valence-corrected chi connectivity index (χ2v) is 8.29. The van der Waals surface area contributed by atoms with Crippen LogP contribution < -0.4 is 10.6 Å². The van der Waals surface area contributed by atoms with E-state index in [9.17, 15) is 14.4 Å². The number of aliphatic carboxylic acids is 1. The van der Waals surface area contributed by atoms with Crippen LogP contribution in [0.5, 0.6) is 0 Å². The molecule has 0 aliphatic heterocycles. The summed E-state index contributed by atoms with van der Waals surface area (Å²) in [4.78, 5) is 35.9. The van der Waals surface area contributed by atoms with Gasteiger partial charge in [0.15, 0.2) is 0 Å². The second-order valence-electron chi connectivity index (χ2n) is 8.29. The van der Waals surface area contributed by atoms with Gasteiger partial charge in [-0.2, -0.15) is 5.10 Å². The molecule has 3 aromatic rings. The Labute approximate surface area is 196 Å². The molecule has 176 valence electrons. The molecule has 3 N–H and O–H groups in total. The lowest BCUT2D eigenvalue weighted by Crippen LogP contribution is -2.36. The fraction of sp³-hybridized carbons (Fsp3) is 0.280. The molecule has 0 spiro atoms. The molecule has 0 bridgehead atoms. The first-order valence-corrected chi connectivity index (χ1v) is 11.0. The highest BCUT2D eigenvalue weighted by Gasteiger charge is 2.29. The van der Waals surface area contributed by atoms with Crippen molar-refractivity contribution in [1.29, 1.82) is 0 Å². The molecule has 9 nitrogen and oxygen atoms in total. The number of hydrogen-bond donors (Lipinski definition) is 3. The second kappa shape index (κ2) is 9.78. The molecule has 1 aromatic heterocycles. The minimum absolute atomic E-state index is 0.0422. The van der Waals surface area contributed by atoms with E-state index in [1.807, 2.05) is 36.4 Å². The number of carbonyl (C=O) groups is 3. The van der Waals surface area contributed by atoms with Gasteiger partial charge in [-0.25, -0.2) is 4.79 Å². The molecule has 1 unspecified atom stereocenters. The maximum Gasteiger partial charge on any atom is 0.407 e. The maximum atomic E-state index is 12.6. The number of hydrogen-bond acceptors (Lipinski definition) is 5. The number of benzene rings is 2. The standard InChI is InChI=1S/C25H26N4O5/c1-15(11-22(30)31)28-24(32)23-16(13-27-29(23)2)12-26-25(33)34-14-21-19-9-5-3-7-17(19)18-8-4-6-10-20(18)21/h3-10,13,15,21H,11-12,14H2,1-2H3,(H,26,33)(H,28,32)(H,30,31). The van der Waals surface area contributed by atoms with Gasteiger partial charge in [-0.1, -0.05) is 48.5 Å². The summed E-state index contributed by atoms with van der Waals surface area (Å²) in [6, 6.07) is 15.6. The molecule has 0 fully saturated rings. The fourth-order valence-electron chi connectivity index (χ4n) is 4.33. The van der Waals surface area contributed by atoms with Gasteiger partial charge in [0.2, 0.25) is 0 Å². The Morgan fingerprint density at radius 3 is 2.32 bits per heavy atom. The van der Waals surface area contributed by atoms with E-state index >= 15 is 0 Å². The van der Waals surface area contributed by atoms with Crippen molar-refractivity contribution in [2.45, 2.75) is 31.8 Å². The summed E-state index contributed by atoms with van der Waals surface area (Å²) < 4.78 is 6.92. The number of alkyl carbamates (subject to hydrolysis) is 1. The lowest BCUT2D eigenvalue weighted by atomic mass is 9.98. The molecule has 9 heteroatoms. The Morgan fingerprint density at radius 2 is 1.71 bits per heavy atom. The van der Waals surface area contributed by atoms with E-state index in [1.165, 1.54) is 10.9 Å². The summed E-state index contributed by atoms with van der Waals surface area (Å²) in [5.74, 6) is -1.51. The molecular formula is C25H26N4O5. The van der Waals surface area contributed by atoms with Gasteiger partial charge in [-0.15, -0.1) is 0 Å². The van der Waals surface area contributed by atoms with Crippen molar-refractivity contribution >= 4 is 18.0 Å². The minimum Gasteiger partial charge on any atom is -0.481 e. The van der Waals surface area contributed by atoms with Crippen LogP contribution in [0, 0.1) is 0 Å². The molecule has 1 heterocycles. The summed E-state index contributed by atoms with van der Waals surface area (Å²) in [6.07, 6.45) is 0.688. The normalized spacial score (nSPS) is 13.0. The highest BCUT2D eigenvalue weighted by atomic mass is 16.5. The Kier molecular flexibility index (Phi) is 6.62. The number of carboxylic acids is 1. The largest absolute Gasteiger partial charge is 0.481 e. The monoisotopic (exact) mass is 462 g/mol. The highest BCUT2D eigenvalue weighted by molar-refractivity contribution is 5.94.